The molecule has 0 radical (unpaired) electrons. The van der Waals surface area contributed by atoms with E-state index >= 15 is 0 Å². The van der Waals surface area contributed by atoms with Gasteiger partial charge in [-0.1, -0.05) is 53.9 Å². The number of esters is 1. The lowest BCUT2D eigenvalue weighted by molar-refractivity contribution is -0.143. The Hall–Kier alpha value is -0.530. The first-order chi connectivity index (χ1) is 8.81. The van der Waals surface area contributed by atoms with Crippen molar-refractivity contribution in [3.05, 3.63) is 0 Å². The van der Waals surface area contributed by atoms with Crippen molar-refractivity contribution in [1.29, 1.82) is 0 Å². The highest BCUT2D eigenvalue weighted by molar-refractivity contribution is 5.69. The molecule has 0 aliphatic carbocycles. The average Bonchev–Trinajstić information content (AvgIpc) is 2.26. The van der Waals surface area contributed by atoms with Gasteiger partial charge in [0.2, 0.25) is 0 Å². The summed E-state index contributed by atoms with van der Waals surface area (Å²) in [5.74, 6) is 0.735. The van der Waals surface area contributed by atoms with Gasteiger partial charge in [-0.25, -0.2) is 0 Å². The number of carbonyl (C=O) groups is 1. The highest BCUT2D eigenvalue weighted by Crippen LogP contribution is 2.22. The lowest BCUT2D eigenvalue weighted by atomic mass is 9.89. The van der Waals surface area contributed by atoms with Crippen LogP contribution in [-0.4, -0.2) is 12.6 Å². The minimum Gasteiger partial charge on any atom is -0.466 e. The normalized spacial score (nSPS) is 11.9. The topological polar surface area (TPSA) is 26.3 Å². The molecule has 0 aliphatic rings. The second-order valence-corrected chi connectivity index (χ2v) is 7.23. The molecular weight excluding hydrogens is 236 g/mol. The van der Waals surface area contributed by atoms with Crippen molar-refractivity contribution >= 4 is 5.97 Å². The molecule has 0 heterocycles. The van der Waals surface area contributed by atoms with Crippen LogP contribution in [0.15, 0.2) is 0 Å². The Morgan fingerprint density at radius 2 is 1.68 bits per heavy atom. The van der Waals surface area contributed by atoms with E-state index in [4.69, 9.17) is 4.74 Å². The van der Waals surface area contributed by atoms with Gasteiger partial charge in [-0.05, 0) is 37.0 Å². The third kappa shape index (κ3) is 15.4. The zero-order valence-electron chi connectivity index (χ0n) is 13.8. The second kappa shape index (κ2) is 10.3. The summed E-state index contributed by atoms with van der Waals surface area (Å²) in [5.41, 5.74) is 0.414. The van der Waals surface area contributed by atoms with E-state index in [1.54, 1.807) is 0 Å². The summed E-state index contributed by atoms with van der Waals surface area (Å²) in [5, 5.41) is 0. The number of rotatable bonds is 10. The van der Waals surface area contributed by atoms with Gasteiger partial charge in [0.05, 0.1) is 6.61 Å². The van der Waals surface area contributed by atoms with Gasteiger partial charge in [0.15, 0.2) is 0 Å². The van der Waals surface area contributed by atoms with Crippen LogP contribution in [0.3, 0.4) is 0 Å². The van der Waals surface area contributed by atoms with Crippen LogP contribution in [-0.2, 0) is 9.53 Å². The third-order valence-electron chi connectivity index (χ3n) is 3.25. The highest BCUT2D eigenvalue weighted by Gasteiger charge is 2.09. The lowest BCUT2D eigenvalue weighted by Crippen LogP contribution is -2.07. The Labute approximate surface area is 120 Å². The standard InChI is InChI=1S/C17H34O2/c1-15(2)11-8-10-14-19-16(18)12-7-6-9-13-17(3,4)5/h15H,6-14H2,1-5H3. The van der Waals surface area contributed by atoms with Gasteiger partial charge < -0.3 is 4.74 Å². The Morgan fingerprint density at radius 1 is 1.00 bits per heavy atom. The van der Waals surface area contributed by atoms with Gasteiger partial charge in [0, 0.05) is 6.42 Å². The van der Waals surface area contributed by atoms with Crippen LogP contribution in [0.5, 0.6) is 0 Å². The summed E-state index contributed by atoms with van der Waals surface area (Å²) in [7, 11) is 0. The predicted octanol–water partition coefficient (Wildman–Crippen LogP) is 5.35. The summed E-state index contributed by atoms with van der Waals surface area (Å²) in [4.78, 5) is 11.5. The van der Waals surface area contributed by atoms with Crippen molar-refractivity contribution in [2.24, 2.45) is 11.3 Å². The van der Waals surface area contributed by atoms with Gasteiger partial charge in [0.1, 0.15) is 0 Å². The number of hydrogen-bond donors (Lipinski definition) is 0. The molecule has 0 atom stereocenters. The summed E-state index contributed by atoms with van der Waals surface area (Å²) >= 11 is 0. The van der Waals surface area contributed by atoms with Crippen LogP contribution in [0.1, 0.15) is 86.0 Å². The van der Waals surface area contributed by atoms with E-state index in [0.717, 1.165) is 31.6 Å². The Morgan fingerprint density at radius 3 is 2.26 bits per heavy atom. The van der Waals surface area contributed by atoms with Gasteiger partial charge in [-0.2, -0.15) is 0 Å². The van der Waals surface area contributed by atoms with Crippen molar-refractivity contribution < 1.29 is 9.53 Å². The molecule has 0 aromatic carbocycles. The molecule has 0 saturated carbocycles. The van der Waals surface area contributed by atoms with Gasteiger partial charge in [-0.3, -0.25) is 4.79 Å². The van der Waals surface area contributed by atoms with Crippen molar-refractivity contribution in [3.8, 4) is 0 Å². The van der Waals surface area contributed by atoms with Gasteiger partial charge in [0.25, 0.3) is 0 Å². The average molecular weight is 270 g/mol. The van der Waals surface area contributed by atoms with Crippen molar-refractivity contribution in [3.63, 3.8) is 0 Å². The fourth-order valence-corrected chi connectivity index (χ4v) is 2.01. The first-order valence-corrected chi connectivity index (χ1v) is 7.97. The Kier molecular flexibility index (Phi) is 9.99. The lowest BCUT2D eigenvalue weighted by Gasteiger charge is -2.17. The smallest absolute Gasteiger partial charge is 0.305 e. The maximum Gasteiger partial charge on any atom is 0.305 e. The van der Waals surface area contributed by atoms with E-state index in [1.165, 1.54) is 19.3 Å². The highest BCUT2D eigenvalue weighted by atomic mass is 16.5. The molecule has 0 amide bonds. The van der Waals surface area contributed by atoms with Crippen molar-refractivity contribution in [2.45, 2.75) is 86.0 Å². The zero-order chi connectivity index (χ0) is 14.7. The van der Waals surface area contributed by atoms with Crippen LogP contribution in [0.25, 0.3) is 0 Å². The zero-order valence-corrected chi connectivity index (χ0v) is 13.8. The van der Waals surface area contributed by atoms with E-state index in [0.29, 0.717) is 18.4 Å². The van der Waals surface area contributed by atoms with Crippen LogP contribution in [0, 0.1) is 11.3 Å². The molecule has 114 valence electrons. The van der Waals surface area contributed by atoms with Crippen LogP contribution < -0.4 is 0 Å². The molecule has 0 unspecified atom stereocenters. The molecule has 2 heteroatoms. The Bertz CT molecular complexity index is 226. The van der Waals surface area contributed by atoms with Gasteiger partial charge >= 0.3 is 5.97 Å². The predicted molar refractivity (Wildman–Crippen MR) is 82.2 cm³/mol. The monoisotopic (exact) mass is 270 g/mol. The second-order valence-electron chi connectivity index (χ2n) is 7.23. The molecule has 0 rings (SSSR count). The molecule has 0 fully saturated rings. The maximum atomic E-state index is 11.5. The first kappa shape index (κ1) is 18.5. The number of ether oxygens (including phenoxy) is 1. The molecule has 0 bridgehead atoms. The van der Waals surface area contributed by atoms with E-state index in [1.807, 2.05) is 0 Å². The molecule has 19 heavy (non-hydrogen) atoms. The molecule has 0 saturated heterocycles. The molecule has 0 aliphatic heterocycles. The molecule has 2 nitrogen and oxygen atoms in total. The fourth-order valence-electron chi connectivity index (χ4n) is 2.01. The fraction of sp³-hybridized carbons (Fsp3) is 0.941. The van der Waals surface area contributed by atoms with Crippen molar-refractivity contribution in [1.82, 2.24) is 0 Å². The number of unbranched alkanes of at least 4 members (excludes halogenated alkanes) is 3. The molecule has 0 aromatic rings. The van der Waals surface area contributed by atoms with E-state index < -0.39 is 0 Å². The van der Waals surface area contributed by atoms with E-state index in [-0.39, 0.29) is 5.97 Å². The molecule has 0 aromatic heterocycles. The molecule has 0 N–H and O–H groups in total. The maximum absolute atomic E-state index is 11.5. The van der Waals surface area contributed by atoms with Crippen molar-refractivity contribution in [2.75, 3.05) is 6.61 Å². The number of carbonyl (C=O) groups excluding carboxylic acids is 1. The minimum absolute atomic E-state index is 0.0136. The SMILES string of the molecule is CC(C)CCCCOC(=O)CCCCCC(C)(C)C. The molecule has 0 spiro atoms. The summed E-state index contributed by atoms with van der Waals surface area (Å²) < 4.78 is 5.23. The first-order valence-electron chi connectivity index (χ1n) is 7.97. The van der Waals surface area contributed by atoms with E-state index in [2.05, 4.69) is 34.6 Å². The Balaban J connectivity index is 3.31. The van der Waals surface area contributed by atoms with Crippen LogP contribution in [0.2, 0.25) is 0 Å². The van der Waals surface area contributed by atoms with Crippen LogP contribution in [0.4, 0.5) is 0 Å². The third-order valence-corrected chi connectivity index (χ3v) is 3.25. The summed E-state index contributed by atoms with van der Waals surface area (Å²) in [6.45, 7) is 11.8. The molecular formula is C17H34O2. The van der Waals surface area contributed by atoms with Gasteiger partial charge in [-0.15, -0.1) is 0 Å². The summed E-state index contributed by atoms with van der Waals surface area (Å²) in [6.07, 6.45) is 8.55. The van der Waals surface area contributed by atoms with Crippen LogP contribution >= 0.6 is 0 Å². The minimum atomic E-state index is -0.0136. The quantitative estimate of drug-likeness (QED) is 0.395. The summed E-state index contributed by atoms with van der Waals surface area (Å²) in [6, 6.07) is 0. The largest absolute Gasteiger partial charge is 0.466 e. The van der Waals surface area contributed by atoms with E-state index in [9.17, 15) is 4.79 Å². The number of hydrogen-bond acceptors (Lipinski definition) is 2.